The number of imidazole rings is 1. The van der Waals surface area contributed by atoms with Gasteiger partial charge < -0.3 is 20.3 Å². The predicted molar refractivity (Wildman–Crippen MR) is 102 cm³/mol. The van der Waals surface area contributed by atoms with Crippen LogP contribution in [-0.2, 0) is 18.9 Å². The van der Waals surface area contributed by atoms with E-state index in [0.717, 1.165) is 5.52 Å². The molecule has 1 saturated heterocycles. The van der Waals surface area contributed by atoms with Gasteiger partial charge in [-0.25, -0.2) is 9.59 Å². The summed E-state index contributed by atoms with van der Waals surface area (Å²) in [6.45, 7) is 3.35. The number of aryl methyl sites for hydroxylation is 2. The Balaban J connectivity index is 1.82. The lowest BCUT2D eigenvalue weighted by molar-refractivity contribution is -0.124. The van der Waals surface area contributed by atoms with Gasteiger partial charge in [0.15, 0.2) is 0 Å². The Labute approximate surface area is 156 Å². The van der Waals surface area contributed by atoms with Crippen LogP contribution in [0.5, 0.6) is 5.75 Å². The minimum atomic E-state index is -0.291. The first-order valence-electron chi connectivity index (χ1n) is 8.94. The van der Waals surface area contributed by atoms with E-state index in [4.69, 9.17) is 4.74 Å². The van der Waals surface area contributed by atoms with Crippen molar-refractivity contribution < 1.29 is 14.3 Å². The first kappa shape index (κ1) is 18.8. The first-order valence-corrected chi connectivity index (χ1v) is 8.94. The number of carbonyl (C=O) groups is 2. The van der Waals surface area contributed by atoms with E-state index < -0.39 is 0 Å². The molecule has 27 heavy (non-hydrogen) atoms. The lowest BCUT2D eigenvalue weighted by Gasteiger charge is -2.18. The van der Waals surface area contributed by atoms with Crippen molar-refractivity contribution in [1.29, 1.82) is 0 Å². The fourth-order valence-corrected chi connectivity index (χ4v) is 3.46. The number of hydrogen-bond acceptors (Lipinski definition) is 4. The summed E-state index contributed by atoms with van der Waals surface area (Å²) in [6.07, 6.45) is 0.641. The molecule has 0 radical (unpaired) electrons. The van der Waals surface area contributed by atoms with E-state index in [-0.39, 0.29) is 23.5 Å². The topological polar surface area (TPSA) is 97.6 Å². The zero-order valence-corrected chi connectivity index (χ0v) is 16.0. The molecule has 1 unspecified atom stereocenters. The second-order valence-corrected chi connectivity index (χ2v) is 6.70. The van der Waals surface area contributed by atoms with E-state index in [9.17, 15) is 14.4 Å². The van der Waals surface area contributed by atoms with Crippen LogP contribution in [0.3, 0.4) is 0 Å². The number of nitrogens with zero attached hydrogens (tertiary/aromatic N) is 3. The molecule has 0 spiro atoms. The number of rotatable bonds is 4. The van der Waals surface area contributed by atoms with Crippen LogP contribution in [0.1, 0.15) is 13.3 Å². The smallest absolute Gasteiger partial charge is 0.328 e. The minimum absolute atomic E-state index is 0.0221. The maximum atomic E-state index is 12.7. The Morgan fingerprint density at radius 2 is 1.89 bits per heavy atom. The predicted octanol–water partition coefficient (Wildman–Crippen LogP) is 0.875. The maximum Gasteiger partial charge on any atom is 0.328 e. The number of nitrogens with one attached hydrogen (secondary N) is 2. The standard InChI is InChI=1S/C18H25N5O4/c1-5-19-16(24)11-6-7-23(10-11)17(25)20-12-8-13-14(9-15(12)27-4)22(3)18(26)21(13)2/h8-9,11H,5-7,10H2,1-4H3,(H,19,24)(H,20,25). The van der Waals surface area contributed by atoms with Crippen LogP contribution in [-0.4, -0.2) is 52.7 Å². The van der Waals surface area contributed by atoms with Gasteiger partial charge in [0.1, 0.15) is 5.75 Å². The SMILES string of the molecule is CCNC(=O)C1CCN(C(=O)Nc2cc3c(cc2OC)n(C)c(=O)n3C)C1. The molecule has 3 amide bonds. The van der Waals surface area contributed by atoms with Crippen molar-refractivity contribution in [2.45, 2.75) is 13.3 Å². The first-order chi connectivity index (χ1) is 12.9. The molecule has 1 atom stereocenters. The van der Waals surface area contributed by atoms with Crippen LogP contribution in [0.15, 0.2) is 16.9 Å². The molecule has 1 fully saturated rings. The summed E-state index contributed by atoms with van der Waals surface area (Å²) in [7, 11) is 4.88. The van der Waals surface area contributed by atoms with E-state index in [1.165, 1.54) is 16.2 Å². The Morgan fingerprint density at radius 1 is 1.22 bits per heavy atom. The molecular formula is C18H25N5O4. The van der Waals surface area contributed by atoms with Gasteiger partial charge in [-0.05, 0) is 19.4 Å². The maximum absolute atomic E-state index is 12.7. The number of urea groups is 1. The summed E-state index contributed by atoms with van der Waals surface area (Å²) >= 11 is 0. The number of amides is 3. The number of anilines is 1. The Morgan fingerprint density at radius 3 is 2.52 bits per heavy atom. The van der Waals surface area contributed by atoms with Crippen LogP contribution in [0.4, 0.5) is 10.5 Å². The van der Waals surface area contributed by atoms with Gasteiger partial charge in [0.25, 0.3) is 0 Å². The van der Waals surface area contributed by atoms with Gasteiger partial charge >= 0.3 is 11.7 Å². The van der Waals surface area contributed by atoms with Crippen LogP contribution >= 0.6 is 0 Å². The molecule has 0 bridgehead atoms. The van der Waals surface area contributed by atoms with E-state index in [0.29, 0.717) is 43.0 Å². The van der Waals surface area contributed by atoms with Crippen molar-refractivity contribution in [2.75, 3.05) is 32.1 Å². The summed E-state index contributed by atoms with van der Waals surface area (Å²) in [5, 5.41) is 5.65. The molecular weight excluding hydrogens is 350 g/mol. The molecule has 2 heterocycles. The third-order valence-electron chi connectivity index (χ3n) is 5.03. The van der Waals surface area contributed by atoms with Crippen molar-refractivity contribution in [3.05, 3.63) is 22.6 Å². The van der Waals surface area contributed by atoms with Gasteiger partial charge in [0.05, 0.1) is 29.7 Å². The van der Waals surface area contributed by atoms with E-state index in [2.05, 4.69) is 10.6 Å². The number of hydrogen-bond donors (Lipinski definition) is 2. The summed E-state index contributed by atoms with van der Waals surface area (Å²) in [5.74, 6) is 0.262. The Hall–Kier alpha value is -2.97. The number of fused-ring (bicyclic) bond motifs is 1. The molecule has 0 aliphatic carbocycles. The highest BCUT2D eigenvalue weighted by Gasteiger charge is 2.31. The second-order valence-electron chi connectivity index (χ2n) is 6.70. The van der Waals surface area contributed by atoms with Crippen molar-refractivity contribution in [2.24, 2.45) is 20.0 Å². The van der Waals surface area contributed by atoms with Crippen LogP contribution in [0.2, 0.25) is 0 Å². The van der Waals surface area contributed by atoms with Crippen molar-refractivity contribution in [1.82, 2.24) is 19.4 Å². The molecule has 1 aliphatic heterocycles. The van der Waals surface area contributed by atoms with E-state index >= 15 is 0 Å². The molecule has 9 heteroatoms. The van der Waals surface area contributed by atoms with Gasteiger partial charge in [-0.3, -0.25) is 13.9 Å². The number of benzene rings is 1. The highest BCUT2D eigenvalue weighted by atomic mass is 16.5. The monoisotopic (exact) mass is 375 g/mol. The number of aromatic nitrogens is 2. The number of methoxy groups -OCH3 is 1. The van der Waals surface area contributed by atoms with Gasteiger partial charge in [0, 0.05) is 39.8 Å². The van der Waals surface area contributed by atoms with Gasteiger partial charge in [-0.1, -0.05) is 0 Å². The zero-order chi connectivity index (χ0) is 19.7. The molecule has 0 saturated carbocycles. The average Bonchev–Trinajstić information content (AvgIpc) is 3.23. The quantitative estimate of drug-likeness (QED) is 0.829. The number of ether oxygens (including phenoxy) is 1. The molecule has 3 rings (SSSR count). The molecule has 2 N–H and O–H groups in total. The summed E-state index contributed by atoms with van der Waals surface area (Å²) in [6, 6.07) is 3.17. The van der Waals surface area contributed by atoms with Gasteiger partial charge in [-0.2, -0.15) is 0 Å². The van der Waals surface area contributed by atoms with E-state index in [1.54, 1.807) is 31.1 Å². The molecule has 146 valence electrons. The van der Waals surface area contributed by atoms with Gasteiger partial charge in [-0.15, -0.1) is 0 Å². The van der Waals surface area contributed by atoms with Gasteiger partial charge in [0.2, 0.25) is 5.91 Å². The summed E-state index contributed by atoms with van der Waals surface area (Å²) in [4.78, 5) is 38.4. The third kappa shape index (κ3) is 3.36. The van der Waals surface area contributed by atoms with Crippen molar-refractivity contribution in [3.63, 3.8) is 0 Å². The normalized spacial score (nSPS) is 16.6. The Bertz CT molecular complexity index is 945. The summed E-state index contributed by atoms with van der Waals surface area (Å²) in [5.41, 5.74) is 1.74. The average molecular weight is 375 g/mol. The lowest BCUT2D eigenvalue weighted by atomic mass is 10.1. The highest BCUT2D eigenvalue weighted by molar-refractivity contribution is 5.95. The third-order valence-corrected chi connectivity index (χ3v) is 5.03. The molecule has 1 aromatic carbocycles. The Kier molecular flexibility index (Phi) is 5.11. The van der Waals surface area contributed by atoms with Crippen LogP contribution in [0, 0.1) is 5.92 Å². The number of carbonyl (C=O) groups excluding carboxylic acids is 2. The fourth-order valence-electron chi connectivity index (χ4n) is 3.46. The molecule has 1 aliphatic rings. The number of likely N-dealkylation sites (tertiary alicyclic amines) is 1. The summed E-state index contributed by atoms with van der Waals surface area (Å²) < 4.78 is 8.44. The molecule has 2 aromatic rings. The van der Waals surface area contributed by atoms with Crippen LogP contribution in [0.25, 0.3) is 11.0 Å². The van der Waals surface area contributed by atoms with Crippen molar-refractivity contribution in [3.8, 4) is 5.75 Å². The minimum Gasteiger partial charge on any atom is -0.494 e. The highest BCUT2D eigenvalue weighted by Crippen LogP contribution is 2.30. The lowest BCUT2D eigenvalue weighted by Crippen LogP contribution is -2.36. The van der Waals surface area contributed by atoms with E-state index in [1.807, 2.05) is 6.92 Å². The molecule has 1 aromatic heterocycles. The van der Waals surface area contributed by atoms with Crippen LogP contribution < -0.4 is 21.1 Å². The molecule has 9 nitrogen and oxygen atoms in total. The zero-order valence-electron chi connectivity index (χ0n) is 16.0. The second kappa shape index (κ2) is 7.34. The van der Waals surface area contributed by atoms with Crippen molar-refractivity contribution >= 4 is 28.7 Å². The fraction of sp³-hybridized carbons (Fsp3) is 0.500. The largest absolute Gasteiger partial charge is 0.494 e.